The van der Waals surface area contributed by atoms with Crippen LogP contribution in [0.25, 0.3) is 0 Å². The molecule has 1 saturated heterocycles. The van der Waals surface area contributed by atoms with E-state index in [9.17, 15) is 9.59 Å². The van der Waals surface area contributed by atoms with Crippen molar-refractivity contribution in [2.75, 3.05) is 38.3 Å². The Balaban J connectivity index is 1.97. The van der Waals surface area contributed by atoms with Gasteiger partial charge in [-0.15, -0.1) is 0 Å². The second kappa shape index (κ2) is 9.42. The molecule has 138 valence electrons. The van der Waals surface area contributed by atoms with Crippen LogP contribution < -0.4 is 15.5 Å². The fourth-order valence-corrected chi connectivity index (χ4v) is 3.00. The van der Waals surface area contributed by atoms with E-state index < -0.39 is 0 Å². The predicted octanol–water partition coefficient (Wildman–Crippen LogP) is 1.80. The van der Waals surface area contributed by atoms with E-state index in [0.29, 0.717) is 18.0 Å². The van der Waals surface area contributed by atoms with Crippen LogP contribution in [0.15, 0.2) is 24.3 Å². The van der Waals surface area contributed by atoms with Crippen LogP contribution in [0.1, 0.15) is 37.0 Å². The number of nitrogens with one attached hydrogen (secondary N) is 2. The van der Waals surface area contributed by atoms with Gasteiger partial charge in [0, 0.05) is 38.5 Å². The van der Waals surface area contributed by atoms with Crippen LogP contribution in [-0.4, -0.2) is 51.2 Å². The number of amides is 2. The number of rotatable bonds is 7. The number of anilines is 1. The highest BCUT2D eigenvalue weighted by atomic mass is 16.5. The van der Waals surface area contributed by atoms with Crippen LogP contribution in [0.3, 0.4) is 0 Å². The third kappa shape index (κ3) is 5.74. The van der Waals surface area contributed by atoms with Crippen molar-refractivity contribution in [1.82, 2.24) is 10.6 Å². The maximum atomic E-state index is 12.5. The van der Waals surface area contributed by atoms with Gasteiger partial charge in [-0.3, -0.25) is 9.59 Å². The van der Waals surface area contributed by atoms with Crippen LogP contribution in [-0.2, 0) is 9.53 Å². The highest BCUT2D eigenvalue weighted by Crippen LogP contribution is 2.24. The molecule has 0 aliphatic carbocycles. The van der Waals surface area contributed by atoms with Gasteiger partial charge in [0.1, 0.15) is 6.61 Å². The predicted molar refractivity (Wildman–Crippen MR) is 98.9 cm³/mol. The van der Waals surface area contributed by atoms with E-state index in [1.165, 1.54) is 7.11 Å². The topological polar surface area (TPSA) is 70.7 Å². The lowest BCUT2D eigenvalue weighted by Gasteiger charge is -2.34. The molecule has 0 spiro atoms. The number of hydrogen-bond donors (Lipinski definition) is 2. The Morgan fingerprint density at radius 1 is 1.24 bits per heavy atom. The highest BCUT2D eigenvalue weighted by Gasteiger charge is 2.23. The Labute approximate surface area is 149 Å². The molecule has 25 heavy (non-hydrogen) atoms. The minimum Gasteiger partial charge on any atom is -0.375 e. The zero-order valence-electron chi connectivity index (χ0n) is 15.4. The number of carbonyl (C=O) groups is 2. The lowest BCUT2D eigenvalue weighted by molar-refractivity contribution is -0.125. The molecule has 1 aliphatic heterocycles. The molecule has 0 radical (unpaired) electrons. The maximum absolute atomic E-state index is 12.5. The second-order valence-corrected chi connectivity index (χ2v) is 6.88. The third-order valence-corrected chi connectivity index (χ3v) is 4.30. The molecule has 0 unspecified atom stereocenters. The average Bonchev–Trinajstić information content (AvgIpc) is 2.60. The zero-order chi connectivity index (χ0) is 18.2. The second-order valence-electron chi connectivity index (χ2n) is 6.88. The minimum atomic E-state index is -0.0746. The highest BCUT2D eigenvalue weighted by molar-refractivity contribution is 5.99. The number of hydrogen-bond acceptors (Lipinski definition) is 4. The lowest BCUT2D eigenvalue weighted by Crippen LogP contribution is -2.46. The van der Waals surface area contributed by atoms with Gasteiger partial charge in [-0.2, -0.15) is 0 Å². The number of methoxy groups -OCH3 is 1. The van der Waals surface area contributed by atoms with Crippen LogP contribution in [0, 0.1) is 5.92 Å². The van der Waals surface area contributed by atoms with E-state index in [1.807, 2.05) is 24.3 Å². The monoisotopic (exact) mass is 347 g/mol. The molecule has 0 atom stereocenters. The molecule has 1 aliphatic rings. The van der Waals surface area contributed by atoms with Gasteiger partial charge in [-0.25, -0.2) is 0 Å². The molecular formula is C19H29N3O3. The van der Waals surface area contributed by atoms with Crippen molar-refractivity contribution in [2.45, 2.75) is 32.7 Å². The normalized spacial score (nSPS) is 15.3. The molecule has 6 nitrogen and oxygen atoms in total. The van der Waals surface area contributed by atoms with Gasteiger partial charge >= 0.3 is 0 Å². The van der Waals surface area contributed by atoms with Gasteiger partial charge in [0.05, 0.1) is 5.56 Å². The summed E-state index contributed by atoms with van der Waals surface area (Å²) < 4.78 is 4.85. The van der Waals surface area contributed by atoms with Crippen molar-refractivity contribution in [3.63, 3.8) is 0 Å². The molecule has 1 fully saturated rings. The van der Waals surface area contributed by atoms with E-state index in [4.69, 9.17) is 4.74 Å². The van der Waals surface area contributed by atoms with Crippen molar-refractivity contribution in [3.05, 3.63) is 29.8 Å². The summed E-state index contributed by atoms with van der Waals surface area (Å²) in [5.41, 5.74) is 1.68. The number of carbonyl (C=O) groups excluding carboxylic acids is 2. The fraction of sp³-hybridized carbons (Fsp3) is 0.579. The van der Waals surface area contributed by atoms with Gasteiger partial charge in [0.25, 0.3) is 5.91 Å². The van der Waals surface area contributed by atoms with Crippen molar-refractivity contribution in [2.24, 2.45) is 5.92 Å². The molecule has 1 aromatic rings. The van der Waals surface area contributed by atoms with E-state index in [1.54, 1.807) is 0 Å². The number of para-hydroxylation sites is 1. The average molecular weight is 347 g/mol. The first-order valence-corrected chi connectivity index (χ1v) is 8.91. The summed E-state index contributed by atoms with van der Waals surface area (Å²) in [6, 6.07) is 7.89. The van der Waals surface area contributed by atoms with Gasteiger partial charge in [0.15, 0.2) is 0 Å². The van der Waals surface area contributed by atoms with Crippen molar-refractivity contribution >= 4 is 17.5 Å². The van der Waals surface area contributed by atoms with Crippen LogP contribution in [0.5, 0.6) is 0 Å². The molecule has 0 bridgehead atoms. The molecule has 0 saturated carbocycles. The SMILES string of the molecule is COCC(=O)NC1CCN(c2ccccc2C(=O)NCC(C)C)CC1. The first-order chi connectivity index (χ1) is 12.0. The Morgan fingerprint density at radius 2 is 1.92 bits per heavy atom. The number of nitrogens with zero attached hydrogens (tertiary/aromatic N) is 1. The summed E-state index contributed by atoms with van der Waals surface area (Å²) in [6.07, 6.45) is 1.72. The molecule has 1 heterocycles. The number of piperidine rings is 1. The van der Waals surface area contributed by atoms with E-state index in [0.717, 1.165) is 31.6 Å². The van der Waals surface area contributed by atoms with Crippen LogP contribution in [0.4, 0.5) is 5.69 Å². The van der Waals surface area contributed by atoms with Gasteiger partial charge in [-0.1, -0.05) is 26.0 Å². The molecule has 1 aromatic carbocycles. The quantitative estimate of drug-likeness (QED) is 0.789. The van der Waals surface area contributed by atoms with Crippen molar-refractivity contribution < 1.29 is 14.3 Å². The van der Waals surface area contributed by atoms with Crippen LogP contribution >= 0.6 is 0 Å². The number of ether oxygens (including phenoxy) is 1. The molecule has 0 aromatic heterocycles. The molecule has 2 N–H and O–H groups in total. The first-order valence-electron chi connectivity index (χ1n) is 8.91. The molecule has 6 heteroatoms. The molecular weight excluding hydrogens is 318 g/mol. The third-order valence-electron chi connectivity index (χ3n) is 4.30. The maximum Gasteiger partial charge on any atom is 0.253 e. The summed E-state index contributed by atoms with van der Waals surface area (Å²) in [4.78, 5) is 26.3. The summed E-state index contributed by atoms with van der Waals surface area (Å²) in [7, 11) is 1.52. The standard InChI is InChI=1S/C19H29N3O3/c1-14(2)12-20-19(24)16-6-4-5-7-17(16)22-10-8-15(9-11-22)21-18(23)13-25-3/h4-7,14-15H,8-13H2,1-3H3,(H,20,24)(H,21,23). The zero-order valence-corrected chi connectivity index (χ0v) is 15.4. The van der Waals surface area contributed by atoms with E-state index in [2.05, 4.69) is 29.4 Å². The number of benzene rings is 1. The Bertz CT molecular complexity index is 581. The van der Waals surface area contributed by atoms with Crippen molar-refractivity contribution in [3.8, 4) is 0 Å². The molecule has 2 rings (SSSR count). The Morgan fingerprint density at radius 3 is 2.56 bits per heavy atom. The van der Waals surface area contributed by atoms with Gasteiger partial charge < -0.3 is 20.3 Å². The Hall–Kier alpha value is -2.08. The largest absolute Gasteiger partial charge is 0.375 e. The smallest absolute Gasteiger partial charge is 0.253 e. The minimum absolute atomic E-state index is 0.0279. The fourth-order valence-electron chi connectivity index (χ4n) is 3.00. The summed E-state index contributed by atoms with van der Waals surface area (Å²) in [6.45, 7) is 6.54. The summed E-state index contributed by atoms with van der Waals surface area (Å²) >= 11 is 0. The van der Waals surface area contributed by atoms with Gasteiger partial charge in [-0.05, 0) is 30.9 Å². The molecule has 2 amide bonds. The Kier molecular flexibility index (Phi) is 7.25. The van der Waals surface area contributed by atoms with E-state index in [-0.39, 0.29) is 24.5 Å². The lowest BCUT2D eigenvalue weighted by atomic mass is 10.0. The summed E-state index contributed by atoms with van der Waals surface area (Å²) in [5.74, 6) is 0.316. The van der Waals surface area contributed by atoms with Crippen LogP contribution in [0.2, 0.25) is 0 Å². The van der Waals surface area contributed by atoms with E-state index >= 15 is 0 Å². The first kappa shape index (κ1) is 19.2. The van der Waals surface area contributed by atoms with Gasteiger partial charge in [0.2, 0.25) is 5.91 Å². The summed E-state index contributed by atoms with van der Waals surface area (Å²) in [5, 5.41) is 5.98. The van der Waals surface area contributed by atoms with Crippen molar-refractivity contribution in [1.29, 1.82) is 0 Å².